The summed E-state index contributed by atoms with van der Waals surface area (Å²) in [6.07, 6.45) is 11.0. The van der Waals surface area contributed by atoms with Crippen molar-refractivity contribution in [2.24, 2.45) is 5.92 Å². The lowest BCUT2D eigenvalue weighted by atomic mass is 9.88. The summed E-state index contributed by atoms with van der Waals surface area (Å²) in [6, 6.07) is -0.0311. The van der Waals surface area contributed by atoms with Crippen LogP contribution < -0.4 is 4.90 Å². The number of hydrogen-bond acceptors (Lipinski definition) is 6. The van der Waals surface area contributed by atoms with E-state index in [0.29, 0.717) is 0 Å². The standard InChI is InChI=1S/C24H33N5OS/c1-16-19-10-6-12-28(14-18-8-4-3-5-9-18)23(19)27-22(26-16)20-11-7-13-29(20)24(30)21-17(2)25-15-31-21/h15,18,20H,3-14H2,1-2H3/t20-/m1/s1. The lowest BCUT2D eigenvalue weighted by molar-refractivity contribution is 0.0733. The number of carbonyl (C=O) groups excluding carboxylic acids is 1. The molecule has 1 saturated heterocycles. The molecule has 0 bridgehead atoms. The van der Waals surface area contributed by atoms with Crippen molar-refractivity contribution in [3.63, 3.8) is 0 Å². The van der Waals surface area contributed by atoms with Gasteiger partial charge in [0.15, 0.2) is 5.82 Å². The second-order valence-electron chi connectivity index (χ2n) is 9.45. The fourth-order valence-electron chi connectivity index (χ4n) is 5.63. The SMILES string of the molecule is Cc1ncsc1C(=O)N1CCC[C@@H]1c1nc(C)c2c(n1)N(CC1CCCCC1)CCC2. The first-order valence-corrected chi connectivity index (χ1v) is 12.8. The zero-order valence-electron chi connectivity index (χ0n) is 18.8. The zero-order valence-corrected chi connectivity index (χ0v) is 19.6. The number of thiazole rings is 1. The Hall–Kier alpha value is -2.02. The molecule has 3 aliphatic rings. The van der Waals surface area contributed by atoms with Crippen LogP contribution in [0.1, 0.15) is 89.9 Å². The topological polar surface area (TPSA) is 62.2 Å². The monoisotopic (exact) mass is 439 g/mol. The predicted molar refractivity (Wildman–Crippen MR) is 124 cm³/mol. The molecule has 2 aromatic heterocycles. The maximum Gasteiger partial charge on any atom is 0.266 e. The van der Waals surface area contributed by atoms with Gasteiger partial charge in [0.1, 0.15) is 10.7 Å². The third-order valence-electron chi connectivity index (χ3n) is 7.32. The Morgan fingerprint density at radius 2 is 1.87 bits per heavy atom. The van der Waals surface area contributed by atoms with E-state index in [1.807, 2.05) is 11.8 Å². The van der Waals surface area contributed by atoms with Gasteiger partial charge in [-0.15, -0.1) is 11.3 Å². The molecule has 2 aliphatic heterocycles. The molecule has 0 radical (unpaired) electrons. The van der Waals surface area contributed by atoms with Crippen molar-refractivity contribution in [3.05, 3.63) is 33.2 Å². The molecule has 31 heavy (non-hydrogen) atoms. The number of nitrogens with zero attached hydrogens (tertiary/aromatic N) is 5. The van der Waals surface area contributed by atoms with Gasteiger partial charge in [-0.2, -0.15) is 0 Å². The summed E-state index contributed by atoms with van der Waals surface area (Å²) >= 11 is 1.44. The summed E-state index contributed by atoms with van der Waals surface area (Å²) in [5.41, 5.74) is 5.00. The molecule has 2 aromatic rings. The highest BCUT2D eigenvalue weighted by molar-refractivity contribution is 7.11. The minimum atomic E-state index is -0.0311. The van der Waals surface area contributed by atoms with E-state index in [1.54, 1.807) is 5.51 Å². The van der Waals surface area contributed by atoms with Gasteiger partial charge in [0, 0.05) is 30.9 Å². The largest absolute Gasteiger partial charge is 0.356 e. The number of fused-ring (bicyclic) bond motifs is 1. The number of rotatable bonds is 4. The smallest absolute Gasteiger partial charge is 0.266 e. The van der Waals surface area contributed by atoms with Crippen LogP contribution in [0.3, 0.4) is 0 Å². The minimum Gasteiger partial charge on any atom is -0.356 e. The first kappa shape index (κ1) is 20.9. The molecule has 2 fully saturated rings. The van der Waals surface area contributed by atoms with Gasteiger partial charge >= 0.3 is 0 Å². The van der Waals surface area contributed by atoms with E-state index in [2.05, 4.69) is 16.8 Å². The van der Waals surface area contributed by atoms with Gasteiger partial charge < -0.3 is 9.80 Å². The van der Waals surface area contributed by atoms with Gasteiger partial charge in [-0.1, -0.05) is 19.3 Å². The average Bonchev–Trinajstić information content (AvgIpc) is 3.44. The molecule has 1 amide bonds. The van der Waals surface area contributed by atoms with E-state index in [9.17, 15) is 4.79 Å². The van der Waals surface area contributed by atoms with E-state index in [4.69, 9.17) is 9.97 Å². The Morgan fingerprint density at radius 3 is 2.65 bits per heavy atom. The lowest BCUT2D eigenvalue weighted by Gasteiger charge is -2.35. The van der Waals surface area contributed by atoms with Crippen LogP contribution in [0.15, 0.2) is 5.51 Å². The number of anilines is 1. The van der Waals surface area contributed by atoms with Crippen LogP contribution in [0, 0.1) is 19.8 Å². The van der Waals surface area contributed by atoms with Crippen molar-refractivity contribution in [1.82, 2.24) is 19.9 Å². The highest BCUT2D eigenvalue weighted by Gasteiger charge is 2.35. The number of amides is 1. The van der Waals surface area contributed by atoms with Crippen molar-refractivity contribution in [2.75, 3.05) is 24.5 Å². The van der Waals surface area contributed by atoms with Gasteiger partial charge in [-0.05, 0) is 58.3 Å². The molecule has 0 aromatic carbocycles. The van der Waals surface area contributed by atoms with Crippen LogP contribution in [0.25, 0.3) is 0 Å². The van der Waals surface area contributed by atoms with Gasteiger partial charge in [-0.25, -0.2) is 15.0 Å². The van der Waals surface area contributed by atoms with Gasteiger partial charge in [0.2, 0.25) is 0 Å². The number of likely N-dealkylation sites (tertiary alicyclic amines) is 1. The normalized spacial score (nSPS) is 22.1. The second-order valence-corrected chi connectivity index (χ2v) is 10.3. The quantitative estimate of drug-likeness (QED) is 0.681. The lowest BCUT2D eigenvalue weighted by Crippen LogP contribution is -2.37. The molecular formula is C24H33N5OS. The molecule has 5 rings (SSSR count). The highest BCUT2D eigenvalue weighted by atomic mass is 32.1. The van der Waals surface area contributed by atoms with Crippen molar-refractivity contribution < 1.29 is 4.79 Å². The highest BCUT2D eigenvalue weighted by Crippen LogP contribution is 2.36. The Labute approximate surface area is 189 Å². The summed E-state index contributed by atoms with van der Waals surface area (Å²) < 4.78 is 0. The molecule has 0 spiro atoms. The molecule has 1 atom stereocenters. The summed E-state index contributed by atoms with van der Waals surface area (Å²) in [7, 11) is 0. The Balaban J connectivity index is 1.43. The van der Waals surface area contributed by atoms with Crippen LogP contribution in [0.4, 0.5) is 5.82 Å². The number of carbonyl (C=O) groups is 1. The van der Waals surface area contributed by atoms with E-state index >= 15 is 0 Å². The maximum absolute atomic E-state index is 13.2. The average molecular weight is 440 g/mol. The van der Waals surface area contributed by atoms with E-state index in [0.717, 1.165) is 72.7 Å². The third kappa shape index (κ3) is 4.09. The fraction of sp³-hybridized carbons (Fsp3) is 0.667. The van der Waals surface area contributed by atoms with Crippen molar-refractivity contribution in [3.8, 4) is 0 Å². The minimum absolute atomic E-state index is 0.0311. The molecule has 166 valence electrons. The molecule has 1 saturated carbocycles. The van der Waals surface area contributed by atoms with Crippen LogP contribution in [0.5, 0.6) is 0 Å². The van der Waals surface area contributed by atoms with E-state index < -0.39 is 0 Å². The van der Waals surface area contributed by atoms with Crippen molar-refractivity contribution in [2.45, 2.75) is 77.7 Å². The number of aryl methyl sites for hydroxylation is 2. The Bertz CT molecular complexity index is 951. The molecule has 6 nitrogen and oxygen atoms in total. The van der Waals surface area contributed by atoms with E-state index in [1.165, 1.54) is 55.4 Å². The van der Waals surface area contributed by atoms with Crippen LogP contribution in [-0.4, -0.2) is 45.4 Å². The van der Waals surface area contributed by atoms with Crippen LogP contribution >= 0.6 is 11.3 Å². The molecule has 1 aliphatic carbocycles. The zero-order chi connectivity index (χ0) is 21.4. The van der Waals surface area contributed by atoms with Crippen LogP contribution in [-0.2, 0) is 6.42 Å². The van der Waals surface area contributed by atoms with Gasteiger partial charge in [0.25, 0.3) is 5.91 Å². The summed E-state index contributed by atoms with van der Waals surface area (Å²) in [5, 5.41) is 0. The Morgan fingerprint density at radius 1 is 1.03 bits per heavy atom. The number of hydrogen-bond donors (Lipinski definition) is 0. The summed E-state index contributed by atoms with van der Waals surface area (Å²) in [5.74, 6) is 2.85. The third-order valence-corrected chi connectivity index (χ3v) is 8.24. The fourth-order valence-corrected chi connectivity index (χ4v) is 6.39. The first-order valence-electron chi connectivity index (χ1n) is 11.9. The van der Waals surface area contributed by atoms with Crippen molar-refractivity contribution >= 4 is 23.1 Å². The predicted octanol–water partition coefficient (Wildman–Crippen LogP) is 4.86. The van der Waals surface area contributed by atoms with Gasteiger partial charge in [-0.3, -0.25) is 4.79 Å². The molecule has 0 unspecified atom stereocenters. The van der Waals surface area contributed by atoms with Crippen LogP contribution in [0.2, 0.25) is 0 Å². The molecule has 7 heteroatoms. The van der Waals surface area contributed by atoms with Gasteiger partial charge in [0.05, 0.1) is 17.2 Å². The maximum atomic E-state index is 13.2. The second kappa shape index (κ2) is 8.85. The summed E-state index contributed by atoms with van der Waals surface area (Å²) in [6.45, 7) is 7.02. The molecular weight excluding hydrogens is 406 g/mol. The molecule has 0 N–H and O–H groups in total. The first-order chi connectivity index (χ1) is 15.1. The van der Waals surface area contributed by atoms with E-state index in [-0.39, 0.29) is 11.9 Å². The molecule has 4 heterocycles. The van der Waals surface area contributed by atoms with Crippen molar-refractivity contribution in [1.29, 1.82) is 0 Å². The number of aromatic nitrogens is 3. The Kier molecular flexibility index (Phi) is 5.95. The summed E-state index contributed by atoms with van der Waals surface area (Å²) in [4.78, 5) is 32.9.